The van der Waals surface area contributed by atoms with Crippen LogP contribution in [0.25, 0.3) is 28.8 Å². The Bertz CT molecular complexity index is 1900. The molecule has 0 aromatic carbocycles. The second kappa shape index (κ2) is 12.7. The standard InChI is InChI=1S/C36H42N10O3/c1-7-36(12-13-36)30(25-10-11-27(37-18-25)26-19-40-33(41-20-26)46-23(2)8-9-24(46)3)31-42-32(49-43-31)28-21-39-29(22-38-28)44-14-16-45(17-15-44)34(47)48-35(4,5)6/h8-11,18-22,30H,7,12-17H2,1-6H3. The average molecular weight is 663 g/mol. The number of aryl methyl sites for hydroxylation is 2. The van der Waals surface area contributed by atoms with E-state index < -0.39 is 5.60 Å². The van der Waals surface area contributed by atoms with Gasteiger partial charge in [0.05, 0.1) is 24.0 Å². The number of aromatic nitrogens is 8. The number of pyridine rings is 1. The molecule has 1 amide bonds. The summed E-state index contributed by atoms with van der Waals surface area (Å²) in [4.78, 5) is 44.4. The van der Waals surface area contributed by atoms with Gasteiger partial charge in [0, 0.05) is 61.7 Å². The van der Waals surface area contributed by atoms with E-state index in [1.807, 2.05) is 63.8 Å². The Morgan fingerprint density at radius 2 is 1.57 bits per heavy atom. The van der Waals surface area contributed by atoms with Gasteiger partial charge in [-0.3, -0.25) is 9.55 Å². The highest BCUT2D eigenvalue weighted by Crippen LogP contribution is 2.60. The van der Waals surface area contributed by atoms with Crippen molar-refractivity contribution >= 4 is 11.9 Å². The van der Waals surface area contributed by atoms with Gasteiger partial charge in [0.1, 0.15) is 17.1 Å². The molecule has 1 unspecified atom stereocenters. The molecule has 1 aliphatic carbocycles. The van der Waals surface area contributed by atoms with Gasteiger partial charge in [0.15, 0.2) is 5.82 Å². The molecule has 5 aromatic heterocycles. The lowest BCUT2D eigenvalue weighted by Gasteiger charge is -2.36. The van der Waals surface area contributed by atoms with Crippen LogP contribution in [-0.2, 0) is 4.74 Å². The fourth-order valence-corrected chi connectivity index (χ4v) is 6.58. The quantitative estimate of drug-likeness (QED) is 0.188. The van der Waals surface area contributed by atoms with Crippen molar-refractivity contribution in [1.29, 1.82) is 0 Å². The molecular weight excluding hydrogens is 620 g/mol. The van der Waals surface area contributed by atoms with Gasteiger partial charge in [-0.15, -0.1) is 0 Å². The van der Waals surface area contributed by atoms with Crippen LogP contribution in [0, 0.1) is 19.3 Å². The Labute approximate surface area is 285 Å². The van der Waals surface area contributed by atoms with Gasteiger partial charge < -0.3 is 19.1 Å². The number of carbonyl (C=O) groups is 1. The maximum Gasteiger partial charge on any atom is 0.410 e. The Morgan fingerprint density at radius 1 is 0.878 bits per heavy atom. The second-order valence-electron chi connectivity index (χ2n) is 14.0. The van der Waals surface area contributed by atoms with Crippen LogP contribution < -0.4 is 4.90 Å². The van der Waals surface area contributed by atoms with E-state index >= 15 is 0 Å². The van der Waals surface area contributed by atoms with Crippen molar-refractivity contribution in [2.24, 2.45) is 5.41 Å². The van der Waals surface area contributed by atoms with Crippen molar-refractivity contribution < 1.29 is 14.1 Å². The molecule has 1 saturated heterocycles. The maximum absolute atomic E-state index is 12.4. The molecule has 13 heteroatoms. The van der Waals surface area contributed by atoms with Crippen molar-refractivity contribution in [1.82, 2.24) is 44.5 Å². The number of ether oxygens (including phenoxy) is 1. The van der Waals surface area contributed by atoms with E-state index in [9.17, 15) is 4.79 Å². The van der Waals surface area contributed by atoms with Gasteiger partial charge in [-0.05, 0) is 83.1 Å². The van der Waals surface area contributed by atoms with E-state index in [-0.39, 0.29) is 17.4 Å². The number of carbonyl (C=O) groups excluding carboxylic acids is 1. The first-order valence-corrected chi connectivity index (χ1v) is 16.9. The third kappa shape index (κ3) is 6.61. The zero-order chi connectivity index (χ0) is 34.3. The third-order valence-electron chi connectivity index (χ3n) is 9.55. The summed E-state index contributed by atoms with van der Waals surface area (Å²) in [6, 6.07) is 8.23. The summed E-state index contributed by atoms with van der Waals surface area (Å²) in [5.41, 5.74) is 4.90. The maximum atomic E-state index is 12.4. The van der Waals surface area contributed by atoms with Crippen LogP contribution in [0.5, 0.6) is 0 Å². The monoisotopic (exact) mass is 662 g/mol. The van der Waals surface area contributed by atoms with Crippen LogP contribution in [0.2, 0.25) is 0 Å². The van der Waals surface area contributed by atoms with E-state index in [1.54, 1.807) is 17.3 Å². The van der Waals surface area contributed by atoms with Gasteiger partial charge in [-0.25, -0.2) is 24.7 Å². The Morgan fingerprint density at radius 3 is 2.14 bits per heavy atom. The van der Waals surface area contributed by atoms with Crippen molar-refractivity contribution in [2.75, 3.05) is 31.1 Å². The molecule has 1 atom stereocenters. The molecular formula is C36H42N10O3. The Balaban J connectivity index is 1.05. The lowest BCUT2D eigenvalue weighted by molar-refractivity contribution is 0.0240. The molecule has 5 aromatic rings. The molecule has 0 radical (unpaired) electrons. The first-order chi connectivity index (χ1) is 23.5. The molecule has 49 heavy (non-hydrogen) atoms. The van der Waals surface area contributed by atoms with Gasteiger partial charge in [0.2, 0.25) is 5.95 Å². The minimum Gasteiger partial charge on any atom is -0.444 e. The second-order valence-corrected chi connectivity index (χ2v) is 14.0. The molecule has 0 bridgehead atoms. The topological polar surface area (TPSA) is 141 Å². The molecule has 254 valence electrons. The van der Waals surface area contributed by atoms with E-state index in [1.165, 1.54) is 0 Å². The minimum absolute atomic E-state index is 0.0541. The molecule has 1 saturated carbocycles. The predicted molar refractivity (Wildman–Crippen MR) is 183 cm³/mol. The molecule has 2 fully saturated rings. The van der Waals surface area contributed by atoms with E-state index in [0.717, 1.165) is 53.3 Å². The zero-order valence-corrected chi connectivity index (χ0v) is 28.9. The smallest absolute Gasteiger partial charge is 0.410 e. The Kier molecular flexibility index (Phi) is 8.37. The number of anilines is 1. The first-order valence-electron chi connectivity index (χ1n) is 16.9. The number of piperazine rings is 1. The highest BCUT2D eigenvalue weighted by molar-refractivity contribution is 5.68. The van der Waals surface area contributed by atoms with Gasteiger partial charge in [-0.2, -0.15) is 4.98 Å². The summed E-state index contributed by atoms with van der Waals surface area (Å²) < 4.78 is 13.3. The summed E-state index contributed by atoms with van der Waals surface area (Å²) in [5, 5.41) is 4.45. The third-order valence-corrected chi connectivity index (χ3v) is 9.55. The predicted octanol–water partition coefficient (Wildman–Crippen LogP) is 6.17. The fourth-order valence-electron chi connectivity index (χ4n) is 6.58. The molecule has 6 heterocycles. The number of hydrogen-bond donors (Lipinski definition) is 0. The molecule has 0 N–H and O–H groups in total. The van der Waals surface area contributed by atoms with Crippen LogP contribution >= 0.6 is 0 Å². The normalized spacial score (nSPS) is 16.4. The Hall–Kier alpha value is -5.20. The van der Waals surface area contributed by atoms with Crippen LogP contribution in [0.4, 0.5) is 10.6 Å². The SMILES string of the molecule is CCC1(C(c2ccc(-c3cnc(-n4c(C)ccc4C)nc3)nc2)c2noc(-c3cnc(N4CCN(C(=O)OC(C)(C)C)CC4)cn3)n2)CC1. The summed E-state index contributed by atoms with van der Waals surface area (Å²) in [6.07, 6.45) is 11.8. The largest absolute Gasteiger partial charge is 0.444 e. The number of hydrogen-bond acceptors (Lipinski definition) is 11. The highest BCUT2D eigenvalue weighted by atomic mass is 16.6. The van der Waals surface area contributed by atoms with Crippen molar-refractivity contribution in [3.8, 4) is 28.8 Å². The number of rotatable bonds is 8. The fraction of sp³-hybridized carbons (Fsp3) is 0.444. The van der Waals surface area contributed by atoms with Crippen molar-refractivity contribution in [2.45, 2.75) is 72.3 Å². The van der Waals surface area contributed by atoms with Gasteiger partial charge in [0.25, 0.3) is 5.89 Å². The number of nitrogens with zero attached hydrogens (tertiary/aromatic N) is 10. The summed E-state index contributed by atoms with van der Waals surface area (Å²) in [5.74, 6) is 2.26. The average Bonchev–Trinajstić information content (AvgIpc) is 3.60. The van der Waals surface area contributed by atoms with Crippen molar-refractivity contribution in [3.63, 3.8) is 0 Å². The van der Waals surface area contributed by atoms with E-state index in [2.05, 4.69) is 55.1 Å². The van der Waals surface area contributed by atoms with Crippen LogP contribution in [-0.4, -0.2) is 82.4 Å². The van der Waals surface area contributed by atoms with Crippen LogP contribution in [0.3, 0.4) is 0 Å². The molecule has 0 spiro atoms. The molecule has 2 aliphatic rings. The summed E-state index contributed by atoms with van der Waals surface area (Å²) in [7, 11) is 0. The van der Waals surface area contributed by atoms with Gasteiger partial charge in [-0.1, -0.05) is 18.1 Å². The first kappa shape index (κ1) is 32.4. The van der Waals surface area contributed by atoms with E-state index in [0.29, 0.717) is 49.5 Å². The zero-order valence-electron chi connectivity index (χ0n) is 28.9. The number of amides is 1. The molecule has 13 nitrogen and oxygen atoms in total. The minimum atomic E-state index is -0.521. The highest BCUT2D eigenvalue weighted by Gasteiger charge is 2.51. The summed E-state index contributed by atoms with van der Waals surface area (Å²) >= 11 is 0. The molecule has 1 aliphatic heterocycles. The van der Waals surface area contributed by atoms with Crippen LogP contribution in [0.1, 0.15) is 75.7 Å². The lowest BCUT2D eigenvalue weighted by atomic mass is 9.81. The lowest BCUT2D eigenvalue weighted by Crippen LogP contribution is -2.50. The summed E-state index contributed by atoms with van der Waals surface area (Å²) in [6.45, 7) is 14.3. The van der Waals surface area contributed by atoms with Gasteiger partial charge >= 0.3 is 6.09 Å². The van der Waals surface area contributed by atoms with Crippen LogP contribution in [0.15, 0.2) is 59.8 Å². The van der Waals surface area contributed by atoms with Crippen molar-refractivity contribution in [3.05, 3.63) is 78.0 Å². The molecule has 7 rings (SSSR count). The van der Waals surface area contributed by atoms with E-state index in [4.69, 9.17) is 19.2 Å².